The number of benzene rings is 2. The lowest BCUT2D eigenvalue weighted by atomic mass is 9.94. The summed E-state index contributed by atoms with van der Waals surface area (Å²) in [7, 11) is 3.56. The Morgan fingerprint density at radius 2 is 1.77 bits per heavy atom. The second-order valence-corrected chi connectivity index (χ2v) is 8.95. The molecule has 2 aromatic rings. The number of carbonyl (C=O) groups is 2. The van der Waals surface area contributed by atoms with E-state index in [2.05, 4.69) is 5.32 Å². The Morgan fingerprint density at radius 3 is 2.48 bits per heavy atom. The fraction of sp³-hybridized carbons (Fsp3) is 0.440. The van der Waals surface area contributed by atoms with Crippen LogP contribution in [0.2, 0.25) is 0 Å². The number of carbonyl (C=O) groups excluding carboxylic acids is 2. The molecule has 1 aliphatic carbocycles. The highest BCUT2D eigenvalue weighted by atomic mass is 32.2. The number of hydrogen-bond acceptors (Lipinski definition) is 4. The van der Waals surface area contributed by atoms with E-state index >= 15 is 0 Å². The third-order valence-electron chi connectivity index (χ3n) is 5.86. The summed E-state index contributed by atoms with van der Waals surface area (Å²) >= 11 is 1.44. The van der Waals surface area contributed by atoms with E-state index in [-0.39, 0.29) is 11.8 Å². The van der Waals surface area contributed by atoms with Gasteiger partial charge in [0.1, 0.15) is 5.75 Å². The average molecular weight is 441 g/mol. The molecule has 3 rings (SSSR count). The Hall–Kier alpha value is -2.47. The Bertz CT molecular complexity index is 863. The van der Waals surface area contributed by atoms with Gasteiger partial charge in [0.05, 0.1) is 18.4 Å². The molecule has 5 nitrogen and oxygen atoms in total. The summed E-state index contributed by atoms with van der Waals surface area (Å²) in [6.07, 6.45) is 6.62. The van der Waals surface area contributed by atoms with Crippen LogP contribution in [-0.2, 0) is 11.2 Å². The number of thioether (sulfide) groups is 1. The van der Waals surface area contributed by atoms with Crippen LogP contribution in [0, 0.1) is 0 Å². The van der Waals surface area contributed by atoms with Crippen LogP contribution in [0.4, 0.5) is 0 Å². The summed E-state index contributed by atoms with van der Waals surface area (Å²) in [5.41, 5.74) is 1.76. The monoisotopic (exact) mass is 440 g/mol. The minimum absolute atomic E-state index is 0.107. The van der Waals surface area contributed by atoms with Crippen LogP contribution in [0.15, 0.2) is 53.4 Å². The fourth-order valence-electron chi connectivity index (χ4n) is 3.90. The lowest BCUT2D eigenvalue weighted by molar-refractivity contribution is -0.129. The summed E-state index contributed by atoms with van der Waals surface area (Å²) in [6.45, 7) is 0.549. The zero-order valence-corrected chi connectivity index (χ0v) is 19.2. The maximum Gasteiger partial charge on any atom is 0.252 e. The summed E-state index contributed by atoms with van der Waals surface area (Å²) in [4.78, 5) is 28.2. The second kappa shape index (κ2) is 11.8. The standard InChI is InChI=1S/C25H32N2O3S/c1-27(20-8-4-3-5-9-20)24(28)18-31-23-11-7-6-10-22(23)25(29)26-17-16-19-12-14-21(30-2)15-13-19/h6-7,10-15,20H,3-5,8-9,16-18H2,1-2H3,(H,26,29). The molecule has 0 aliphatic heterocycles. The molecule has 1 N–H and O–H groups in total. The second-order valence-electron chi connectivity index (χ2n) is 7.94. The van der Waals surface area contributed by atoms with Gasteiger partial charge in [-0.05, 0) is 49.1 Å². The molecule has 2 aromatic carbocycles. The van der Waals surface area contributed by atoms with E-state index in [1.807, 2.05) is 60.5 Å². The van der Waals surface area contributed by atoms with Crippen molar-refractivity contribution in [2.24, 2.45) is 0 Å². The number of nitrogens with one attached hydrogen (secondary N) is 1. The number of amides is 2. The lowest BCUT2D eigenvalue weighted by Gasteiger charge is -2.31. The van der Waals surface area contributed by atoms with Crippen LogP contribution in [-0.4, -0.2) is 49.2 Å². The number of methoxy groups -OCH3 is 1. The van der Waals surface area contributed by atoms with Gasteiger partial charge >= 0.3 is 0 Å². The van der Waals surface area contributed by atoms with E-state index in [0.717, 1.165) is 35.5 Å². The predicted molar refractivity (Wildman–Crippen MR) is 126 cm³/mol. The summed E-state index contributed by atoms with van der Waals surface area (Å²) in [5, 5.41) is 3.00. The maximum absolute atomic E-state index is 12.7. The molecule has 6 heteroatoms. The first-order valence-electron chi connectivity index (χ1n) is 11.0. The van der Waals surface area contributed by atoms with Crippen molar-refractivity contribution in [1.29, 1.82) is 0 Å². The van der Waals surface area contributed by atoms with Crippen molar-refractivity contribution >= 4 is 23.6 Å². The van der Waals surface area contributed by atoms with Gasteiger partial charge in [-0.2, -0.15) is 0 Å². The molecule has 0 bridgehead atoms. The first kappa shape index (κ1) is 23.2. The Labute approximate surface area is 189 Å². The SMILES string of the molecule is COc1ccc(CCNC(=O)c2ccccc2SCC(=O)N(C)C2CCCCC2)cc1. The minimum atomic E-state index is -0.107. The Morgan fingerprint density at radius 1 is 1.06 bits per heavy atom. The normalized spacial score (nSPS) is 14.1. The van der Waals surface area contributed by atoms with Crippen molar-refractivity contribution in [2.75, 3.05) is 26.5 Å². The predicted octanol–water partition coefficient (Wildman–Crippen LogP) is 4.55. The van der Waals surface area contributed by atoms with Crippen molar-refractivity contribution in [3.05, 3.63) is 59.7 Å². The van der Waals surface area contributed by atoms with Gasteiger partial charge in [0.15, 0.2) is 0 Å². The summed E-state index contributed by atoms with van der Waals surface area (Å²) in [6, 6.07) is 15.7. The molecule has 0 aromatic heterocycles. The molecule has 166 valence electrons. The zero-order valence-electron chi connectivity index (χ0n) is 18.4. The van der Waals surface area contributed by atoms with Crippen molar-refractivity contribution in [2.45, 2.75) is 49.5 Å². The van der Waals surface area contributed by atoms with Crippen LogP contribution < -0.4 is 10.1 Å². The van der Waals surface area contributed by atoms with E-state index in [1.165, 1.54) is 31.0 Å². The average Bonchev–Trinajstić information content (AvgIpc) is 2.83. The van der Waals surface area contributed by atoms with Gasteiger partial charge in [-0.3, -0.25) is 9.59 Å². The molecule has 1 aliphatic rings. The topological polar surface area (TPSA) is 58.6 Å². The van der Waals surface area contributed by atoms with Gasteiger partial charge in [0, 0.05) is 24.5 Å². The van der Waals surface area contributed by atoms with Crippen LogP contribution in [0.3, 0.4) is 0 Å². The largest absolute Gasteiger partial charge is 0.497 e. The summed E-state index contributed by atoms with van der Waals surface area (Å²) < 4.78 is 5.17. The molecular formula is C25H32N2O3S. The molecule has 0 atom stereocenters. The lowest BCUT2D eigenvalue weighted by Crippen LogP contribution is -2.39. The Balaban J connectivity index is 1.51. The molecule has 1 fully saturated rings. The molecule has 2 amide bonds. The molecule has 31 heavy (non-hydrogen) atoms. The number of ether oxygens (including phenoxy) is 1. The van der Waals surface area contributed by atoms with Gasteiger partial charge < -0.3 is 15.0 Å². The van der Waals surface area contributed by atoms with Crippen molar-refractivity contribution in [3.63, 3.8) is 0 Å². The first-order valence-corrected chi connectivity index (χ1v) is 12.0. The molecule has 0 heterocycles. The van der Waals surface area contributed by atoms with Gasteiger partial charge in [-0.15, -0.1) is 11.8 Å². The molecular weight excluding hydrogens is 408 g/mol. The molecule has 0 spiro atoms. The number of rotatable bonds is 9. The van der Waals surface area contributed by atoms with Crippen LogP contribution >= 0.6 is 11.8 Å². The molecule has 0 saturated heterocycles. The molecule has 0 unspecified atom stereocenters. The summed E-state index contributed by atoms with van der Waals surface area (Å²) in [5.74, 6) is 1.20. The number of nitrogens with zero attached hydrogens (tertiary/aromatic N) is 1. The Kier molecular flexibility index (Phi) is 8.83. The first-order chi connectivity index (χ1) is 15.1. The van der Waals surface area contributed by atoms with Crippen LogP contribution in [0.25, 0.3) is 0 Å². The third-order valence-corrected chi connectivity index (χ3v) is 6.92. The van der Waals surface area contributed by atoms with Gasteiger partial charge in [-0.25, -0.2) is 0 Å². The van der Waals surface area contributed by atoms with E-state index in [4.69, 9.17) is 4.74 Å². The minimum Gasteiger partial charge on any atom is -0.497 e. The highest BCUT2D eigenvalue weighted by Crippen LogP contribution is 2.25. The highest BCUT2D eigenvalue weighted by Gasteiger charge is 2.22. The zero-order chi connectivity index (χ0) is 22.1. The molecule has 0 radical (unpaired) electrons. The van der Waals surface area contributed by atoms with E-state index in [9.17, 15) is 9.59 Å². The van der Waals surface area contributed by atoms with Crippen molar-refractivity contribution in [1.82, 2.24) is 10.2 Å². The quantitative estimate of drug-likeness (QED) is 0.581. The van der Waals surface area contributed by atoms with Gasteiger partial charge in [0.2, 0.25) is 5.91 Å². The number of hydrogen-bond donors (Lipinski definition) is 1. The molecule has 1 saturated carbocycles. The fourth-order valence-corrected chi connectivity index (χ4v) is 4.87. The highest BCUT2D eigenvalue weighted by molar-refractivity contribution is 8.00. The third kappa shape index (κ3) is 6.76. The van der Waals surface area contributed by atoms with Gasteiger partial charge in [-0.1, -0.05) is 43.5 Å². The van der Waals surface area contributed by atoms with E-state index < -0.39 is 0 Å². The van der Waals surface area contributed by atoms with E-state index in [0.29, 0.717) is 23.9 Å². The van der Waals surface area contributed by atoms with E-state index in [1.54, 1.807) is 7.11 Å². The van der Waals surface area contributed by atoms with Crippen molar-refractivity contribution < 1.29 is 14.3 Å². The van der Waals surface area contributed by atoms with Gasteiger partial charge in [0.25, 0.3) is 5.91 Å². The van der Waals surface area contributed by atoms with Crippen molar-refractivity contribution in [3.8, 4) is 5.75 Å². The smallest absolute Gasteiger partial charge is 0.252 e. The maximum atomic E-state index is 12.7. The van der Waals surface area contributed by atoms with Crippen LogP contribution in [0.1, 0.15) is 48.0 Å². The van der Waals surface area contributed by atoms with Crippen LogP contribution in [0.5, 0.6) is 5.75 Å².